The van der Waals surface area contributed by atoms with Crippen LogP contribution in [0.2, 0.25) is 0 Å². The summed E-state index contributed by atoms with van der Waals surface area (Å²) in [6, 6.07) is 24.0. The quantitative estimate of drug-likeness (QED) is 0.307. The first-order valence-corrected chi connectivity index (χ1v) is 11.2. The number of nitriles is 2. The third-order valence-corrected chi connectivity index (χ3v) is 5.80. The molecule has 0 aliphatic carbocycles. The molecule has 3 rings (SSSR count). The van der Waals surface area contributed by atoms with Crippen LogP contribution in [0.1, 0.15) is 35.2 Å². The third kappa shape index (κ3) is 6.04. The Morgan fingerprint density at radius 1 is 1.09 bits per heavy atom. The van der Waals surface area contributed by atoms with Gasteiger partial charge in [-0.1, -0.05) is 64.5 Å². The van der Waals surface area contributed by atoms with Gasteiger partial charge in [0.05, 0.1) is 24.8 Å². The maximum atomic E-state index is 12.7. The predicted molar refractivity (Wildman–Crippen MR) is 133 cm³/mol. The highest BCUT2D eigenvalue weighted by Crippen LogP contribution is 2.35. The van der Waals surface area contributed by atoms with E-state index in [0.29, 0.717) is 27.1 Å². The summed E-state index contributed by atoms with van der Waals surface area (Å²) in [5.41, 5.74) is 2.77. The van der Waals surface area contributed by atoms with E-state index in [1.807, 2.05) is 55.5 Å². The molecule has 1 atom stereocenters. The molecular formula is C27H22BrN3O3. The molecule has 7 heteroatoms. The van der Waals surface area contributed by atoms with Crippen molar-refractivity contribution in [2.45, 2.75) is 19.6 Å². The topological polar surface area (TPSA) is 95.1 Å². The van der Waals surface area contributed by atoms with Crippen LogP contribution < -0.4 is 14.8 Å². The summed E-state index contributed by atoms with van der Waals surface area (Å²) >= 11 is 3.49. The van der Waals surface area contributed by atoms with E-state index >= 15 is 0 Å². The van der Waals surface area contributed by atoms with Crippen LogP contribution in [0.15, 0.2) is 76.8 Å². The Morgan fingerprint density at radius 2 is 1.79 bits per heavy atom. The number of hydrogen-bond donors (Lipinski definition) is 1. The molecule has 0 radical (unpaired) electrons. The first-order chi connectivity index (χ1) is 16.5. The second kappa shape index (κ2) is 11.7. The van der Waals surface area contributed by atoms with Crippen molar-refractivity contribution in [3.63, 3.8) is 0 Å². The standard InChI is InChI=1S/C27H22BrN3O3/c1-18(19-8-4-3-5-9-19)31-27(32)23(16-30)12-22-13-25(33-2)26(14-24(22)28)34-17-21-11-7-6-10-20(21)15-29/h3-14,18H,17H2,1-2H3,(H,31,32)/b23-12+/t18-/m1/s1. The lowest BCUT2D eigenvalue weighted by Crippen LogP contribution is -2.27. The number of carbonyl (C=O) groups is 1. The van der Waals surface area contributed by atoms with Crippen molar-refractivity contribution in [1.82, 2.24) is 5.32 Å². The smallest absolute Gasteiger partial charge is 0.262 e. The van der Waals surface area contributed by atoms with Gasteiger partial charge in [0.2, 0.25) is 0 Å². The molecule has 0 bridgehead atoms. The monoisotopic (exact) mass is 515 g/mol. The fourth-order valence-electron chi connectivity index (χ4n) is 3.25. The maximum Gasteiger partial charge on any atom is 0.262 e. The second-order valence-electron chi connectivity index (χ2n) is 7.36. The fraction of sp³-hybridized carbons (Fsp3) is 0.148. The first kappa shape index (κ1) is 24.6. The molecule has 0 spiro atoms. The number of rotatable bonds is 8. The van der Waals surface area contributed by atoms with Crippen molar-refractivity contribution in [1.29, 1.82) is 10.5 Å². The first-order valence-electron chi connectivity index (χ1n) is 10.4. The molecule has 170 valence electrons. The molecule has 3 aromatic rings. The molecule has 0 heterocycles. The molecule has 3 aromatic carbocycles. The summed E-state index contributed by atoms with van der Waals surface area (Å²) in [6.07, 6.45) is 1.49. The summed E-state index contributed by atoms with van der Waals surface area (Å²) in [5, 5.41) is 21.7. The van der Waals surface area contributed by atoms with Gasteiger partial charge in [-0.3, -0.25) is 4.79 Å². The minimum atomic E-state index is -0.474. The summed E-state index contributed by atoms with van der Waals surface area (Å²) in [4.78, 5) is 12.7. The molecule has 1 N–H and O–H groups in total. The SMILES string of the molecule is COc1cc(/C=C(\C#N)C(=O)N[C@H](C)c2ccccc2)c(Br)cc1OCc1ccccc1C#N. The zero-order valence-electron chi connectivity index (χ0n) is 18.7. The van der Waals surface area contributed by atoms with Gasteiger partial charge in [-0.2, -0.15) is 10.5 Å². The molecule has 0 aliphatic rings. The normalized spacial score (nSPS) is 11.6. The Balaban J connectivity index is 1.81. The number of ether oxygens (including phenoxy) is 2. The number of benzene rings is 3. The summed E-state index contributed by atoms with van der Waals surface area (Å²) < 4.78 is 12.0. The number of nitrogens with one attached hydrogen (secondary N) is 1. The van der Waals surface area contributed by atoms with E-state index in [-0.39, 0.29) is 18.2 Å². The zero-order chi connectivity index (χ0) is 24.5. The van der Waals surface area contributed by atoms with Crippen LogP contribution in [0, 0.1) is 22.7 Å². The van der Waals surface area contributed by atoms with Crippen LogP contribution in [0.25, 0.3) is 6.08 Å². The van der Waals surface area contributed by atoms with E-state index in [1.165, 1.54) is 13.2 Å². The van der Waals surface area contributed by atoms with E-state index < -0.39 is 5.91 Å². The molecular weight excluding hydrogens is 494 g/mol. The van der Waals surface area contributed by atoms with Crippen molar-refractivity contribution in [2.24, 2.45) is 0 Å². The largest absolute Gasteiger partial charge is 0.493 e. The van der Waals surface area contributed by atoms with Crippen LogP contribution in [0.5, 0.6) is 11.5 Å². The van der Waals surface area contributed by atoms with E-state index in [0.717, 1.165) is 11.1 Å². The van der Waals surface area contributed by atoms with Crippen LogP contribution in [-0.2, 0) is 11.4 Å². The molecule has 34 heavy (non-hydrogen) atoms. The molecule has 0 aliphatic heterocycles. The number of halogens is 1. The summed E-state index contributed by atoms with van der Waals surface area (Å²) in [7, 11) is 1.51. The van der Waals surface area contributed by atoms with E-state index in [4.69, 9.17) is 9.47 Å². The van der Waals surface area contributed by atoms with Gasteiger partial charge >= 0.3 is 0 Å². The van der Waals surface area contributed by atoms with Gasteiger partial charge in [0, 0.05) is 10.0 Å². The van der Waals surface area contributed by atoms with E-state index in [9.17, 15) is 15.3 Å². The Hall–Kier alpha value is -4.07. The van der Waals surface area contributed by atoms with Crippen LogP contribution in [0.4, 0.5) is 0 Å². The molecule has 6 nitrogen and oxygen atoms in total. The predicted octanol–water partition coefficient (Wildman–Crippen LogP) is 5.69. The van der Waals surface area contributed by atoms with Gasteiger partial charge in [0.1, 0.15) is 18.2 Å². The van der Waals surface area contributed by atoms with Crippen molar-refractivity contribution in [3.05, 3.63) is 99.0 Å². The Bertz CT molecular complexity index is 1290. The second-order valence-corrected chi connectivity index (χ2v) is 8.21. The van der Waals surface area contributed by atoms with Crippen LogP contribution in [0.3, 0.4) is 0 Å². The number of methoxy groups -OCH3 is 1. The Kier molecular flexibility index (Phi) is 8.45. The van der Waals surface area contributed by atoms with Crippen molar-refractivity contribution in [3.8, 4) is 23.6 Å². The van der Waals surface area contributed by atoms with Crippen LogP contribution >= 0.6 is 15.9 Å². The van der Waals surface area contributed by atoms with E-state index in [2.05, 4.69) is 27.3 Å². The Labute approximate surface area is 207 Å². The number of amides is 1. The van der Waals surface area contributed by atoms with Gasteiger partial charge in [-0.15, -0.1) is 0 Å². The highest BCUT2D eigenvalue weighted by Gasteiger charge is 2.16. The maximum absolute atomic E-state index is 12.7. The van der Waals surface area contributed by atoms with Crippen LogP contribution in [-0.4, -0.2) is 13.0 Å². The van der Waals surface area contributed by atoms with Gasteiger partial charge in [0.25, 0.3) is 5.91 Å². The lowest BCUT2D eigenvalue weighted by molar-refractivity contribution is -0.117. The number of hydrogen-bond acceptors (Lipinski definition) is 5. The minimum absolute atomic E-state index is 0.0397. The highest BCUT2D eigenvalue weighted by atomic mass is 79.9. The Morgan fingerprint density at radius 3 is 2.47 bits per heavy atom. The summed E-state index contributed by atoms with van der Waals surface area (Å²) in [6.45, 7) is 2.04. The molecule has 0 fully saturated rings. The van der Waals surface area contributed by atoms with Crippen molar-refractivity contribution >= 4 is 27.9 Å². The average Bonchev–Trinajstić information content (AvgIpc) is 2.87. The fourth-order valence-corrected chi connectivity index (χ4v) is 3.68. The van der Waals surface area contributed by atoms with Gasteiger partial charge < -0.3 is 14.8 Å². The highest BCUT2D eigenvalue weighted by molar-refractivity contribution is 9.10. The molecule has 0 aromatic heterocycles. The van der Waals surface area contributed by atoms with Crippen molar-refractivity contribution < 1.29 is 14.3 Å². The van der Waals surface area contributed by atoms with E-state index in [1.54, 1.807) is 24.3 Å². The third-order valence-electron chi connectivity index (χ3n) is 5.12. The van der Waals surface area contributed by atoms with Gasteiger partial charge in [-0.25, -0.2) is 0 Å². The van der Waals surface area contributed by atoms with Crippen molar-refractivity contribution in [2.75, 3.05) is 7.11 Å². The lowest BCUT2D eigenvalue weighted by Gasteiger charge is -2.15. The lowest BCUT2D eigenvalue weighted by atomic mass is 10.1. The molecule has 0 saturated heterocycles. The van der Waals surface area contributed by atoms with Gasteiger partial charge in [0.15, 0.2) is 11.5 Å². The summed E-state index contributed by atoms with van der Waals surface area (Å²) in [5.74, 6) is 0.414. The number of nitrogens with zero attached hydrogens (tertiary/aromatic N) is 2. The minimum Gasteiger partial charge on any atom is -0.493 e. The van der Waals surface area contributed by atoms with Gasteiger partial charge in [-0.05, 0) is 42.3 Å². The number of carbonyl (C=O) groups excluding carboxylic acids is 1. The molecule has 0 saturated carbocycles. The zero-order valence-corrected chi connectivity index (χ0v) is 20.3. The molecule has 0 unspecified atom stereocenters. The average molecular weight is 516 g/mol. The molecule has 1 amide bonds.